The van der Waals surface area contributed by atoms with Gasteiger partial charge in [0.05, 0.1) is 18.3 Å². The molecule has 102 valence electrons. The topological polar surface area (TPSA) is 62.3 Å². The number of carbonyl (C=O) groups excluding carboxylic acids is 2. The van der Waals surface area contributed by atoms with Gasteiger partial charge in [0, 0.05) is 13.2 Å². The van der Waals surface area contributed by atoms with E-state index in [-0.39, 0.29) is 24.4 Å². The third-order valence-electron chi connectivity index (χ3n) is 2.77. The Morgan fingerprint density at radius 3 is 2.84 bits per heavy atom. The van der Waals surface area contributed by atoms with Gasteiger partial charge in [0.15, 0.2) is 0 Å². The number of amides is 2. The van der Waals surface area contributed by atoms with E-state index in [1.807, 2.05) is 26.0 Å². The number of rotatable bonds is 5. The summed E-state index contributed by atoms with van der Waals surface area (Å²) in [4.78, 5) is 28.6. The molecule has 0 saturated heterocycles. The highest BCUT2D eigenvalue weighted by Crippen LogP contribution is 2.13. The second kappa shape index (κ2) is 6.68. The van der Waals surface area contributed by atoms with Gasteiger partial charge in [-0.1, -0.05) is 12.6 Å². The zero-order chi connectivity index (χ0) is 14.4. The number of hydrogen-bond donors (Lipinski definition) is 1. The molecule has 5 heteroatoms. The van der Waals surface area contributed by atoms with Crippen LogP contribution in [0, 0.1) is 6.92 Å². The Hall–Kier alpha value is -2.17. The number of carbonyl (C=O) groups is 2. The van der Waals surface area contributed by atoms with Gasteiger partial charge in [-0.2, -0.15) is 0 Å². The lowest BCUT2D eigenvalue weighted by atomic mass is 10.1. The molecule has 1 aromatic rings. The Bertz CT molecular complexity index is 485. The second-order valence-corrected chi connectivity index (χ2v) is 4.39. The van der Waals surface area contributed by atoms with Gasteiger partial charge in [0.1, 0.15) is 0 Å². The Morgan fingerprint density at radius 1 is 1.58 bits per heavy atom. The molecule has 0 bridgehead atoms. The average molecular weight is 261 g/mol. The zero-order valence-electron chi connectivity index (χ0n) is 11.5. The lowest BCUT2D eigenvalue weighted by Gasteiger charge is -2.18. The number of aromatic nitrogens is 1. The molecule has 1 aromatic heterocycles. The summed E-state index contributed by atoms with van der Waals surface area (Å²) >= 11 is 0. The molecule has 1 rings (SSSR count). The highest BCUT2D eigenvalue weighted by atomic mass is 16.2. The van der Waals surface area contributed by atoms with Crippen molar-refractivity contribution in [1.82, 2.24) is 15.2 Å². The molecule has 2 amide bonds. The molecular weight excluding hydrogens is 242 g/mol. The Balaban J connectivity index is 2.60. The predicted octanol–water partition coefficient (Wildman–Crippen LogP) is 1.21. The second-order valence-electron chi connectivity index (χ2n) is 4.39. The van der Waals surface area contributed by atoms with Crippen LogP contribution in [0.2, 0.25) is 0 Å². The number of pyridine rings is 1. The molecular formula is C14H19N3O2. The smallest absolute Gasteiger partial charge is 0.246 e. The van der Waals surface area contributed by atoms with Crippen LogP contribution >= 0.6 is 0 Å². The van der Waals surface area contributed by atoms with Crippen LogP contribution in [-0.4, -0.2) is 35.3 Å². The summed E-state index contributed by atoms with van der Waals surface area (Å²) in [6.45, 7) is 7.18. The fourth-order valence-electron chi connectivity index (χ4n) is 1.76. The van der Waals surface area contributed by atoms with Crippen LogP contribution in [0.3, 0.4) is 0 Å². The summed E-state index contributed by atoms with van der Waals surface area (Å²) < 4.78 is 0. The van der Waals surface area contributed by atoms with Crippen molar-refractivity contribution in [1.29, 1.82) is 0 Å². The van der Waals surface area contributed by atoms with Crippen molar-refractivity contribution < 1.29 is 9.59 Å². The zero-order valence-corrected chi connectivity index (χ0v) is 11.5. The van der Waals surface area contributed by atoms with Crippen molar-refractivity contribution in [3.63, 3.8) is 0 Å². The van der Waals surface area contributed by atoms with Gasteiger partial charge in [-0.25, -0.2) is 0 Å². The van der Waals surface area contributed by atoms with Crippen LogP contribution in [0.25, 0.3) is 0 Å². The maximum Gasteiger partial charge on any atom is 0.246 e. The van der Waals surface area contributed by atoms with Crippen molar-refractivity contribution in [2.75, 3.05) is 13.6 Å². The fraction of sp³-hybridized carbons (Fsp3) is 0.357. The molecule has 1 unspecified atom stereocenters. The minimum Gasteiger partial charge on any atom is -0.346 e. The molecule has 1 atom stereocenters. The standard InChI is InChI=1S/C14H19N3O2/c1-5-13(19)17(4)9-12(18)16-11(3)14-10(2)7-6-8-15-14/h5-8,11H,1,9H2,2-4H3,(H,16,18). The molecule has 0 radical (unpaired) electrons. The largest absolute Gasteiger partial charge is 0.346 e. The number of nitrogens with zero attached hydrogens (tertiary/aromatic N) is 2. The summed E-state index contributed by atoms with van der Waals surface area (Å²) in [5.74, 6) is -0.507. The predicted molar refractivity (Wildman–Crippen MR) is 73.4 cm³/mol. The molecule has 0 spiro atoms. The molecule has 0 aliphatic heterocycles. The highest BCUT2D eigenvalue weighted by molar-refractivity contribution is 5.90. The van der Waals surface area contributed by atoms with Crippen molar-refractivity contribution in [3.05, 3.63) is 42.2 Å². The summed E-state index contributed by atoms with van der Waals surface area (Å²) in [5, 5.41) is 2.82. The number of likely N-dealkylation sites (N-methyl/N-ethyl adjacent to an activating group) is 1. The summed E-state index contributed by atoms with van der Waals surface area (Å²) in [5.41, 5.74) is 1.85. The van der Waals surface area contributed by atoms with Gasteiger partial charge in [-0.3, -0.25) is 14.6 Å². The molecule has 0 saturated carbocycles. The van der Waals surface area contributed by atoms with Gasteiger partial charge in [0.25, 0.3) is 0 Å². The first-order valence-electron chi connectivity index (χ1n) is 6.04. The molecule has 0 aliphatic rings. The Morgan fingerprint density at radius 2 is 2.26 bits per heavy atom. The van der Waals surface area contributed by atoms with E-state index in [1.54, 1.807) is 13.2 Å². The number of hydrogen-bond acceptors (Lipinski definition) is 3. The summed E-state index contributed by atoms with van der Waals surface area (Å²) in [6.07, 6.45) is 2.87. The van der Waals surface area contributed by atoms with Gasteiger partial charge in [-0.05, 0) is 31.6 Å². The van der Waals surface area contributed by atoms with E-state index in [4.69, 9.17) is 0 Å². The van der Waals surface area contributed by atoms with E-state index < -0.39 is 0 Å². The quantitative estimate of drug-likeness (QED) is 0.810. The van der Waals surface area contributed by atoms with Crippen molar-refractivity contribution in [2.45, 2.75) is 19.9 Å². The first-order chi connectivity index (χ1) is 8.95. The maximum absolute atomic E-state index is 11.8. The van der Waals surface area contributed by atoms with Gasteiger partial charge in [0.2, 0.25) is 11.8 Å². The van der Waals surface area contributed by atoms with E-state index >= 15 is 0 Å². The molecule has 1 N–H and O–H groups in total. The Kier molecular flexibility index (Phi) is 5.23. The van der Waals surface area contributed by atoms with Crippen molar-refractivity contribution >= 4 is 11.8 Å². The third kappa shape index (κ3) is 4.21. The maximum atomic E-state index is 11.8. The minimum atomic E-state index is -0.281. The Labute approximate surface area is 113 Å². The first-order valence-corrected chi connectivity index (χ1v) is 6.04. The van der Waals surface area contributed by atoms with Crippen LogP contribution < -0.4 is 5.32 Å². The SMILES string of the molecule is C=CC(=O)N(C)CC(=O)NC(C)c1ncccc1C. The molecule has 0 aliphatic carbocycles. The van der Waals surface area contributed by atoms with Crippen molar-refractivity contribution in [3.8, 4) is 0 Å². The molecule has 0 fully saturated rings. The molecule has 1 heterocycles. The van der Waals surface area contributed by atoms with Gasteiger partial charge < -0.3 is 10.2 Å². The average Bonchev–Trinajstić information content (AvgIpc) is 2.37. The molecule has 19 heavy (non-hydrogen) atoms. The normalized spacial score (nSPS) is 11.5. The summed E-state index contributed by atoms with van der Waals surface area (Å²) in [6, 6.07) is 3.60. The fourth-order valence-corrected chi connectivity index (χ4v) is 1.76. The number of aryl methyl sites for hydroxylation is 1. The van der Waals surface area contributed by atoms with Crippen LogP contribution in [-0.2, 0) is 9.59 Å². The minimum absolute atomic E-state index is 0.00107. The third-order valence-corrected chi connectivity index (χ3v) is 2.77. The number of nitrogens with one attached hydrogen (secondary N) is 1. The van der Waals surface area contributed by atoms with Gasteiger partial charge >= 0.3 is 0 Å². The van der Waals surface area contributed by atoms with E-state index in [2.05, 4.69) is 16.9 Å². The monoisotopic (exact) mass is 261 g/mol. The first kappa shape index (κ1) is 14.9. The lowest BCUT2D eigenvalue weighted by molar-refractivity contribution is -0.131. The van der Waals surface area contributed by atoms with Gasteiger partial charge in [-0.15, -0.1) is 0 Å². The van der Waals surface area contributed by atoms with E-state index in [0.29, 0.717) is 0 Å². The lowest BCUT2D eigenvalue weighted by Crippen LogP contribution is -2.38. The van der Waals surface area contributed by atoms with Crippen molar-refractivity contribution in [2.24, 2.45) is 0 Å². The molecule has 5 nitrogen and oxygen atoms in total. The van der Waals surface area contributed by atoms with Crippen LogP contribution in [0.4, 0.5) is 0 Å². The summed E-state index contributed by atoms with van der Waals surface area (Å²) in [7, 11) is 1.56. The van der Waals surface area contributed by atoms with E-state index in [0.717, 1.165) is 11.3 Å². The van der Waals surface area contributed by atoms with Crippen LogP contribution in [0.1, 0.15) is 24.2 Å². The molecule has 0 aromatic carbocycles. The van der Waals surface area contributed by atoms with E-state index in [1.165, 1.54) is 11.0 Å². The van der Waals surface area contributed by atoms with E-state index in [9.17, 15) is 9.59 Å². The van der Waals surface area contributed by atoms with Crippen LogP contribution in [0.5, 0.6) is 0 Å². The van der Waals surface area contributed by atoms with Crippen LogP contribution in [0.15, 0.2) is 31.0 Å². The highest BCUT2D eigenvalue weighted by Gasteiger charge is 2.15.